The van der Waals surface area contributed by atoms with Crippen molar-refractivity contribution >= 4 is 17.6 Å². The third-order valence-corrected chi connectivity index (χ3v) is 4.39. The third kappa shape index (κ3) is 2.84. The molecule has 1 saturated carbocycles. The topological polar surface area (TPSA) is 98.2 Å². The number of H-pyrrole nitrogens is 1. The zero-order chi connectivity index (χ0) is 15.8. The molecular weight excluding hydrogens is 296 g/mol. The summed E-state index contributed by atoms with van der Waals surface area (Å²) in [7, 11) is 0. The van der Waals surface area contributed by atoms with Gasteiger partial charge in [0, 0.05) is 43.9 Å². The molecule has 8 heteroatoms. The van der Waals surface area contributed by atoms with E-state index in [-0.39, 0.29) is 5.69 Å². The van der Waals surface area contributed by atoms with Crippen LogP contribution in [0, 0.1) is 0 Å². The van der Waals surface area contributed by atoms with E-state index in [2.05, 4.69) is 36.0 Å². The molecule has 0 spiro atoms. The lowest BCUT2D eigenvalue weighted by molar-refractivity contribution is 0.0690. The second-order valence-electron chi connectivity index (χ2n) is 5.99. The molecule has 2 aliphatic rings. The average Bonchev–Trinajstić information content (AvgIpc) is 3.32. The van der Waals surface area contributed by atoms with Crippen molar-refractivity contribution in [2.75, 3.05) is 36.0 Å². The van der Waals surface area contributed by atoms with Gasteiger partial charge in [-0.1, -0.05) is 0 Å². The summed E-state index contributed by atoms with van der Waals surface area (Å²) in [6, 6.07) is 2.16. The fourth-order valence-corrected chi connectivity index (χ4v) is 2.85. The lowest BCUT2D eigenvalue weighted by Crippen LogP contribution is -2.47. The van der Waals surface area contributed by atoms with Crippen molar-refractivity contribution in [2.24, 2.45) is 0 Å². The van der Waals surface area contributed by atoms with Gasteiger partial charge in [-0.05, 0) is 12.8 Å². The number of carboxylic acid groups (broad SMARTS) is 1. The standard InChI is InChI=1S/C15H18N6O2/c22-15(23)12-8-17-14(9-16-12)21-5-3-20(4-6-21)13-7-11(18-19-13)10-1-2-10/h7-10H,1-6H2,(H,18,19)(H,22,23). The van der Waals surface area contributed by atoms with Gasteiger partial charge in [0.1, 0.15) is 5.82 Å². The summed E-state index contributed by atoms with van der Waals surface area (Å²) < 4.78 is 0. The van der Waals surface area contributed by atoms with Crippen LogP contribution in [-0.2, 0) is 0 Å². The van der Waals surface area contributed by atoms with Gasteiger partial charge in [0.05, 0.1) is 12.4 Å². The second-order valence-corrected chi connectivity index (χ2v) is 5.99. The maximum absolute atomic E-state index is 10.8. The van der Waals surface area contributed by atoms with Gasteiger partial charge in [0.2, 0.25) is 0 Å². The van der Waals surface area contributed by atoms with E-state index in [1.165, 1.54) is 30.9 Å². The molecule has 2 aromatic heterocycles. The minimum Gasteiger partial charge on any atom is -0.476 e. The minimum absolute atomic E-state index is 0.0310. The quantitative estimate of drug-likeness (QED) is 0.872. The van der Waals surface area contributed by atoms with Gasteiger partial charge < -0.3 is 14.9 Å². The Labute approximate surface area is 133 Å². The van der Waals surface area contributed by atoms with Crippen molar-refractivity contribution in [3.8, 4) is 0 Å². The molecule has 23 heavy (non-hydrogen) atoms. The molecule has 1 aliphatic carbocycles. The van der Waals surface area contributed by atoms with E-state index in [9.17, 15) is 4.79 Å². The Balaban J connectivity index is 1.38. The lowest BCUT2D eigenvalue weighted by atomic mass is 10.2. The molecular formula is C15H18N6O2. The van der Waals surface area contributed by atoms with Crippen LogP contribution in [0.3, 0.4) is 0 Å². The zero-order valence-electron chi connectivity index (χ0n) is 12.6. The Morgan fingerprint density at radius 2 is 1.78 bits per heavy atom. The highest BCUT2D eigenvalue weighted by Crippen LogP contribution is 2.39. The van der Waals surface area contributed by atoms with E-state index in [0.29, 0.717) is 5.92 Å². The number of aromatic carboxylic acids is 1. The number of piperazine rings is 1. The molecule has 0 amide bonds. The van der Waals surface area contributed by atoms with Crippen molar-refractivity contribution < 1.29 is 9.90 Å². The van der Waals surface area contributed by atoms with Crippen LogP contribution in [0.4, 0.5) is 11.6 Å². The van der Waals surface area contributed by atoms with Crippen molar-refractivity contribution in [3.63, 3.8) is 0 Å². The Morgan fingerprint density at radius 3 is 2.35 bits per heavy atom. The van der Waals surface area contributed by atoms with Crippen LogP contribution in [0.1, 0.15) is 34.9 Å². The predicted octanol–water partition coefficient (Wildman–Crippen LogP) is 1.10. The summed E-state index contributed by atoms with van der Waals surface area (Å²) in [6.07, 6.45) is 5.36. The van der Waals surface area contributed by atoms with E-state index in [1.54, 1.807) is 0 Å². The lowest BCUT2D eigenvalue weighted by Gasteiger charge is -2.35. The number of nitrogens with zero attached hydrogens (tertiary/aromatic N) is 5. The highest BCUT2D eigenvalue weighted by molar-refractivity contribution is 5.84. The molecule has 0 bridgehead atoms. The zero-order valence-corrected chi connectivity index (χ0v) is 12.6. The second kappa shape index (κ2) is 5.53. The number of aromatic nitrogens is 4. The molecule has 1 aliphatic heterocycles. The molecule has 1 saturated heterocycles. The van der Waals surface area contributed by atoms with Crippen molar-refractivity contribution in [3.05, 3.63) is 29.8 Å². The molecule has 120 valence electrons. The summed E-state index contributed by atoms with van der Waals surface area (Å²) in [5.41, 5.74) is 1.22. The van der Waals surface area contributed by atoms with Crippen LogP contribution in [-0.4, -0.2) is 57.4 Å². The molecule has 3 heterocycles. The summed E-state index contributed by atoms with van der Waals surface area (Å²) in [5.74, 6) is 1.36. The third-order valence-electron chi connectivity index (χ3n) is 4.39. The monoisotopic (exact) mass is 314 g/mol. The van der Waals surface area contributed by atoms with Crippen LogP contribution >= 0.6 is 0 Å². The molecule has 0 aromatic carbocycles. The number of hydrogen-bond acceptors (Lipinski definition) is 6. The van der Waals surface area contributed by atoms with Crippen molar-refractivity contribution in [2.45, 2.75) is 18.8 Å². The van der Waals surface area contributed by atoms with Crippen molar-refractivity contribution in [1.29, 1.82) is 0 Å². The van der Waals surface area contributed by atoms with E-state index in [0.717, 1.165) is 37.8 Å². The summed E-state index contributed by atoms with van der Waals surface area (Å²) >= 11 is 0. The molecule has 0 unspecified atom stereocenters. The first-order valence-corrected chi connectivity index (χ1v) is 7.81. The largest absolute Gasteiger partial charge is 0.476 e. The fraction of sp³-hybridized carbons (Fsp3) is 0.467. The number of carbonyl (C=O) groups is 1. The van der Waals surface area contributed by atoms with Crippen LogP contribution < -0.4 is 9.80 Å². The predicted molar refractivity (Wildman–Crippen MR) is 84.0 cm³/mol. The number of rotatable bonds is 4. The van der Waals surface area contributed by atoms with E-state index in [1.807, 2.05) is 0 Å². The Hall–Kier alpha value is -2.64. The minimum atomic E-state index is -1.06. The molecule has 8 nitrogen and oxygen atoms in total. The Kier molecular flexibility index (Phi) is 3.36. The summed E-state index contributed by atoms with van der Waals surface area (Å²) in [6.45, 7) is 3.34. The van der Waals surface area contributed by atoms with Gasteiger partial charge in [-0.3, -0.25) is 5.10 Å². The fourth-order valence-electron chi connectivity index (χ4n) is 2.85. The van der Waals surface area contributed by atoms with Crippen LogP contribution in [0.2, 0.25) is 0 Å². The average molecular weight is 314 g/mol. The molecule has 4 rings (SSSR count). The molecule has 0 atom stereocenters. The number of anilines is 2. The highest BCUT2D eigenvalue weighted by atomic mass is 16.4. The molecule has 2 aromatic rings. The first kappa shape index (κ1) is 14.0. The first-order chi connectivity index (χ1) is 11.2. The number of aromatic amines is 1. The van der Waals surface area contributed by atoms with Gasteiger partial charge in [-0.2, -0.15) is 5.10 Å². The molecule has 0 radical (unpaired) electrons. The van der Waals surface area contributed by atoms with Crippen LogP contribution in [0.25, 0.3) is 0 Å². The van der Waals surface area contributed by atoms with Gasteiger partial charge in [-0.25, -0.2) is 14.8 Å². The highest BCUT2D eigenvalue weighted by Gasteiger charge is 2.27. The Morgan fingerprint density at radius 1 is 1.09 bits per heavy atom. The molecule has 2 fully saturated rings. The van der Waals surface area contributed by atoms with Gasteiger partial charge in [0.25, 0.3) is 0 Å². The number of hydrogen-bond donors (Lipinski definition) is 2. The SMILES string of the molecule is O=C(O)c1cnc(N2CCN(c3cc(C4CC4)[nH]n3)CC2)cn1. The smallest absolute Gasteiger partial charge is 0.356 e. The van der Waals surface area contributed by atoms with Crippen LogP contribution in [0.5, 0.6) is 0 Å². The van der Waals surface area contributed by atoms with Gasteiger partial charge >= 0.3 is 5.97 Å². The maximum atomic E-state index is 10.8. The van der Waals surface area contributed by atoms with E-state index < -0.39 is 5.97 Å². The molecule has 2 N–H and O–H groups in total. The van der Waals surface area contributed by atoms with Gasteiger partial charge in [0.15, 0.2) is 11.5 Å². The summed E-state index contributed by atoms with van der Waals surface area (Å²) in [5, 5.41) is 16.4. The van der Waals surface area contributed by atoms with Crippen molar-refractivity contribution in [1.82, 2.24) is 20.2 Å². The number of nitrogens with one attached hydrogen (secondary N) is 1. The van der Waals surface area contributed by atoms with Gasteiger partial charge in [-0.15, -0.1) is 0 Å². The summed E-state index contributed by atoms with van der Waals surface area (Å²) in [4.78, 5) is 23.3. The van der Waals surface area contributed by atoms with E-state index in [4.69, 9.17) is 5.11 Å². The Bertz CT molecular complexity index is 701. The maximum Gasteiger partial charge on any atom is 0.356 e. The van der Waals surface area contributed by atoms with E-state index >= 15 is 0 Å². The number of carboxylic acids is 1. The van der Waals surface area contributed by atoms with Crippen LogP contribution in [0.15, 0.2) is 18.5 Å². The normalized spacial score (nSPS) is 18.3. The first-order valence-electron chi connectivity index (χ1n) is 7.81.